The first kappa shape index (κ1) is 15.9. The molecule has 2 rings (SSSR count). The Morgan fingerprint density at radius 2 is 2.19 bits per heavy atom. The van der Waals surface area contributed by atoms with Gasteiger partial charge in [-0.05, 0) is 26.2 Å². The Morgan fingerprint density at radius 1 is 1.43 bits per heavy atom. The molecule has 1 N–H and O–H groups in total. The first-order valence-corrected chi connectivity index (χ1v) is 7.85. The Hall–Kier alpha value is -1.47. The standard InChI is InChI=1S/C14H20N2O4S/c1-4-20-13(18)11-12(8(2)17)21-14(16-11)15-9-5-6-10(7-9)19-3/h9-10H,4-7H2,1-3H3,(H,15,16). The van der Waals surface area contributed by atoms with Gasteiger partial charge in [0.2, 0.25) is 0 Å². The van der Waals surface area contributed by atoms with Gasteiger partial charge in [0.15, 0.2) is 16.6 Å². The summed E-state index contributed by atoms with van der Waals surface area (Å²) in [5.74, 6) is -0.724. The molecule has 1 aliphatic carbocycles. The molecule has 6 nitrogen and oxygen atoms in total. The lowest BCUT2D eigenvalue weighted by Gasteiger charge is -2.11. The van der Waals surface area contributed by atoms with Crippen molar-refractivity contribution in [3.05, 3.63) is 10.6 Å². The fourth-order valence-corrected chi connectivity index (χ4v) is 3.34. The van der Waals surface area contributed by atoms with E-state index in [1.54, 1.807) is 14.0 Å². The lowest BCUT2D eigenvalue weighted by atomic mass is 10.2. The van der Waals surface area contributed by atoms with Crippen LogP contribution in [-0.2, 0) is 9.47 Å². The Balaban J connectivity index is 2.12. The number of anilines is 1. The van der Waals surface area contributed by atoms with E-state index in [-0.39, 0.29) is 30.2 Å². The average molecular weight is 312 g/mol. The normalized spacial score (nSPS) is 21.3. The maximum absolute atomic E-state index is 11.8. The van der Waals surface area contributed by atoms with Gasteiger partial charge >= 0.3 is 5.97 Å². The van der Waals surface area contributed by atoms with Crippen LogP contribution in [0, 0.1) is 0 Å². The number of nitrogens with one attached hydrogen (secondary N) is 1. The minimum atomic E-state index is -0.548. The third-order valence-corrected chi connectivity index (χ3v) is 4.55. The second-order valence-electron chi connectivity index (χ2n) is 4.99. The predicted molar refractivity (Wildman–Crippen MR) is 80.1 cm³/mol. The van der Waals surface area contributed by atoms with Crippen molar-refractivity contribution in [1.29, 1.82) is 0 Å². The predicted octanol–water partition coefficient (Wildman–Crippen LogP) is 2.50. The van der Waals surface area contributed by atoms with Crippen LogP contribution in [0.4, 0.5) is 5.13 Å². The third kappa shape index (κ3) is 3.79. The summed E-state index contributed by atoms with van der Waals surface area (Å²) in [4.78, 5) is 28.1. The van der Waals surface area contributed by atoms with E-state index < -0.39 is 5.97 Å². The number of nitrogens with zero attached hydrogens (tertiary/aromatic N) is 1. The van der Waals surface area contributed by atoms with Crippen LogP contribution in [0.2, 0.25) is 0 Å². The van der Waals surface area contributed by atoms with E-state index in [0.717, 1.165) is 19.3 Å². The molecular formula is C14H20N2O4S. The smallest absolute Gasteiger partial charge is 0.358 e. The van der Waals surface area contributed by atoms with Crippen molar-refractivity contribution in [3.63, 3.8) is 0 Å². The molecular weight excluding hydrogens is 292 g/mol. The number of carbonyl (C=O) groups excluding carboxylic acids is 2. The van der Waals surface area contributed by atoms with Gasteiger partial charge in [0.25, 0.3) is 0 Å². The van der Waals surface area contributed by atoms with Gasteiger partial charge in [-0.3, -0.25) is 4.79 Å². The van der Waals surface area contributed by atoms with Crippen molar-refractivity contribution in [2.24, 2.45) is 0 Å². The molecule has 1 heterocycles. The first-order chi connectivity index (χ1) is 10.0. The molecule has 0 spiro atoms. The van der Waals surface area contributed by atoms with E-state index in [1.165, 1.54) is 18.3 Å². The van der Waals surface area contributed by atoms with Crippen molar-refractivity contribution in [1.82, 2.24) is 4.98 Å². The van der Waals surface area contributed by atoms with Crippen LogP contribution in [-0.4, -0.2) is 42.6 Å². The molecule has 1 aromatic heterocycles. The summed E-state index contributed by atoms with van der Waals surface area (Å²) in [5, 5.41) is 3.87. The van der Waals surface area contributed by atoms with E-state index in [2.05, 4.69) is 10.3 Å². The number of hydrogen-bond acceptors (Lipinski definition) is 7. The molecule has 1 fully saturated rings. The molecule has 2 atom stereocenters. The summed E-state index contributed by atoms with van der Waals surface area (Å²) in [6.07, 6.45) is 3.16. The van der Waals surface area contributed by atoms with Crippen LogP contribution in [0.5, 0.6) is 0 Å². The lowest BCUT2D eigenvalue weighted by Crippen LogP contribution is -2.17. The fourth-order valence-electron chi connectivity index (χ4n) is 2.42. The van der Waals surface area contributed by atoms with Crippen LogP contribution in [0.3, 0.4) is 0 Å². The van der Waals surface area contributed by atoms with Crippen LogP contribution in [0.15, 0.2) is 0 Å². The van der Waals surface area contributed by atoms with Gasteiger partial charge in [0.05, 0.1) is 12.7 Å². The highest BCUT2D eigenvalue weighted by atomic mass is 32.1. The highest BCUT2D eigenvalue weighted by molar-refractivity contribution is 7.17. The summed E-state index contributed by atoms with van der Waals surface area (Å²) in [6, 6.07) is 0.260. The quantitative estimate of drug-likeness (QED) is 0.642. The number of Topliss-reactive ketones (excluding diaryl/α,β-unsaturated/α-hetero) is 1. The van der Waals surface area contributed by atoms with Crippen LogP contribution < -0.4 is 5.32 Å². The average Bonchev–Trinajstić information content (AvgIpc) is 3.06. The van der Waals surface area contributed by atoms with Crippen molar-refractivity contribution in [2.75, 3.05) is 19.0 Å². The number of rotatable bonds is 6. The zero-order valence-electron chi connectivity index (χ0n) is 12.5. The minimum absolute atomic E-state index is 0.109. The van der Waals surface area contributed by atoms with Gasteiger partial charge in [-0.2, -0.15) is 0 Å². The number of hydrogen-bond donors (Lipinski definition) is 1. The molecule has 21 heavy (non-hydrogen) atoms. The zero-order valence-corrected chi connectivity index (χ0v) is 13.3. The van der Waals surface area contributed by atoms with E-state index >= 15 is 0 Å². The van der Waals surface area contributed by atoms with E-state index in [9.17, 15) is 9.59 Å². The number of ketones is 1. The Morgan fingerprint density at radius 3 is 2.76 bits per heavy atom. The third-order valence-electron chi connectivity index (χ3n) is 3.46. The highest BCUT2D eigenvalue weighted by Crippen LogP contribution is 2.29. The summed E-state index contributed by atoms with van der Waals surface area (Å²) < 4.78 is 10.3. The van der Waals surface area contributed by atoms with Crippen LogP contribution in [0.1, 0.15) is 53.3 Å². The van der Waals surface area contributed by atoms with E-state index in [0.29, 0.717) is 10.0 Å². The monoisotopic (exact) mass is 312 g/mol. The highest BCUT2D eigenvalue weighted by Gasteiger charge is 2.27. The van der Waals surface area contributed by atoms with Crippen LogP contribution in [0.25, 0.3) is 0 Å². The second-order valence-corrected chi connectivity index (χ2v) is 5.98. The maximum atomic E-state index is 11.8. The largest absolute Gasteiger partial charge is 0.461 e. The summed E-state index contributed by atoms with van der Waals surface area (Å²) in [6.45, 7) is 3.41. The number of ether oxygens (including phenoxy) is 2. The number of aromatic nitrogens is 1. The Bertz CT molecular complexity index is 529. The minimum Gasteiger partial charge on any atom is -0.461 e. The summed E-state index contributed by atoms with van der Waals surface area (Å²) in [5.41, 5.74) is 0.109. The van der Waals surface area contributed by atoms with Crippen molar-refractivity contribution in [2.45, 2.75) is 45.3 Å². The molecule has 1 aromatic rings. The molecule has 116 valence electrons. The molecule has 0 bridgehead atoms. The van der Waals surface area contributed by atoms with Gasteiger partial charge < -0.3 is 14.8 Å². The summed E-state index contributed by atoms with van der Waals surface area (Å²) >= 11 is 1.20. The Kier molecular flexibility index (Phi) is 5.30. The SMILES string of the molecule is CCOC(=O)c1nc(NC2CCC(OC)C2)sc1C(C)=O. The molecule has 0 aliphatic heterocycles. The maximum Gasteiger partial charge on any atom is 0.358 e. The number of methoxy groups -OCH3 is 1. The molecule has 0 saturated heterocycles. The van der Waals surface area contributed by atoms with Crippen molar-refractivity contribution >= 4 is 28.2 Å². The van der Waals surface area contributed by atoms with Gasteiger partial charge in [-0.15, -0.1) is 0 Å². The lowest BCUT2D eigenvalue weighted by molar-refractivity contribution is 0.0517. The van der Waals surface area contributed by atoms with Crippen LogP contribution >= 0.6 is 11.3 Å². The topological polar surface area (TPSA) is 77.5 Å². The molecule has 1 saturated carbocycles. The molecule has 7 heteroatoms. The first-order valence-electron chi connectivity index (χ1n) is 7.03. The van der Waals surface area contributed by atoms with Gasteiger partial charge in [-0.25, -0.2) is 9.78 Å². The van der Waals surface area contributed by atoms with Gasteiger partial charge in [-0.1, -0.05) is 11.3 Å². The molecule has 1 aliphatic rings. The molecule has 0 radical (unpaired) electrons. The fraction of sp³-hybridized carbons (Fsp3) is 0.643. The zero-order chi connectivity index (χ0) is 15.4. The van der Waals surface area contributed by atoms with Crippen molar-refractivity contribution in [3.8, 4) is 0 Å². The number of carbonyl (C=O) groups is 2. The van der Waals surface area contributed by atoms with E-state index in [1.807, 2.05) is 0 Å². The molecule has 2 unspecified atom stereocenters. The summed E-state index contributed by atoms with van der Waals surface area (Å²) in [7, 11) is 1.71. The van der Waals surface area contributed by atoms with E-state index in [4.69, 9.17) is 9.47 Å². The molecule has 0 amide bonds. The number of esters is 1. The number of thiazole rings is 1. The van der Waals surface area contributed by atoms with Crippen molar-refractivity contribution < 1.29 is 19.1 Å². The molecule has 0 aromatic carbocycles. The van der Waals surface area contributed by atoms with Gasteiger partial charge in [0.1, 0.15) is 4.88 Å². The second kappa shape index (κ2) is 7.00. The van der Waals surface area contributed by atoms with Gasteiger partial charge in [0, 0.05) is 20.1 Å². The Labute approximate surface area is 127 Å².